The fourth-order valence-electron chi connectivity index (χ4n) is 2.56. The molecule has 0 saturated carbocycles. The van der Waals surface area contributed by atoms with Crippen LogP contribution in [0.2, 0.25) is 0 Å². The summed E-state index contributed by atoms with van der Waals surface area (Å²) in [5.41, 5.74) is 1.07. The predicted molar refractivity (Wildman–Crippen MR) is 67.6 cm³/mol. The van der Waals surface area contributed by atoms with Gasteiger partial charge in [-0.25, -0.2) is 4.98 Å². The Bertz CT molecular complexity index is 507. The van der Waals surface area contributed by atoms with E-state index in [2.05, 4.69) is 24.4 Å². The maximum Gasteiger partial charge on any atom is 0.122 e. The largest absolute Gasteiger partial charge is 0.337 e. The molecule has 0 spiro atoms. The second-order valence-electron chi connectivity index (χ2n) is 4.71. The standard InChI is InChI=1S/C13H17N5/c1-17-8-6-16-13(17)10-18-7-2-3-12(18)11-9-14-4-5-15-11/h4-6,8-9,12H,2-3,7,10H2,1H3. The van der Waals surface area contributed by atoms with Gasteiger partial charge < -0.3 is 4.57 Å². The second-order valence-corrected chi connectivity index (χ2v) is 4.71. The van der Waals surface area contributed by atoms with Crippen molar-refractivity contribution in [1.29, 1.82) is 0 Å². The summed E-state index contributed by atoms with van der Waals surface area (Å²) in [6.45, 7) is 1.98. The lowest BCUT2D eigenvalue weighted by Crippen LogP contribution is -2.25. The Kier molecular flexibility index (Phi) is 3.06. The van der Waals surface area contributed by atoms with E-state index >= 15 is 0 Å². The highest BCUT2D eigenvalue weighted by Gasteiger charge is 2.27. The molecule has 0 amide bonds. The number of nitrogens with zero attached hydrogens (tertiary/aromatic N) is 5. The molecule has 0 aromatic carbocycles. The first-order chi connectivity index (χ1) is 8.84. The maximum absolute atomic E-state index is 4.43. The van der Waals surface area contributed by atoms with E-state index in [1.165, 1.54) is 6.42 Å². The first-order valence-corrected chi connectivity index (χ1v) is 6.31. The van der Waals surface area contributed by atoms with Crippen LogP contribution in [0.25, 0.3) is 0 Å². The number of aryl methyl sites for hydroxylation is 1. The minimum Gasteiger partial charge on any atom is -0.337 e. The highest BCUT2D eigenvalue weighted by atomic mass is 15.2. The van der Waals surface area contributed by atoms with Gasteiger partial charge in [-0.15, -0.1) is 0 Å². The quantitative estimate of drug-likeness (QED) is 0.820. The summed E-state index contributed by atoms with van der Waals surface area (Å²) in [5.74, 6) is 1.10. The van der Waals surface area contributed by atoms with Crippen LogP contribution < -0.4 is 0 Å². The maximum atomic E-state index is 4.43. The van der Waals surface area contributed by atoms with Gasteiger partial charge in [0, 0.05) is 38.0 Å². The fourth-order valence-corrected chi connectivity index (χ4v) is 2.56. The normalized spacial score (nSPS) is 20.4. The van der Waals surface area contributed by atoms with Crippen LogP contribution in [0.4, 0.5) is 0 Å². The smallest absolute Gasteiger partial charge is 0.122 e. The molecule has 3 rings (SSSR count). The molecule has 1 fully saturated rings. The zero-order chi connectivity index (χ0) is 12.4. The van der Waals surface area contributed by atoms with Gasteiger partial charge in [0.1, 0.15) is 5.82 Å². The summed E-state index contributed by atoms with van der Waals surface area (Å²) in [4.78, 5) is 15.4. The van der Waals surface area contributed by atoms with Gasteiger partial charge in [-0.1, -0.05) is 0 Å². The van der Waals surface area contributed by atoms with Crippen LogP contribution in [0.1, 0.15) is 30.4 Å². The average molecular weight is 243 g/mol. The highest BCUT2D eigenvalue weighted by molar-refractivity contribution is 5.06. The minimum absolute atomic E-state index is 0.385. The third kappa shape index (κ3) is 2.13. The summed E-state index contributed by atoms with van der Waals surface area (Å²) in [6, 6.07) is 0.385. The van der Waals surface area contributed by atoms with E-state index in [-0.39, 0.29) is 0 Å². The number of imidazole rings is 1. The van der Waals surface area contributed by atoms with Crippen LogP contribution >= 0.6 is 0 Å². The van der Waals surface area contributed by atoms with E-state index in [1.807, 2.05) is 25.6 Å². The topological polar surface area (TPSA) is 46.8 Å². The highest BCUT2D eigenvalue weighted by Crippen LogP contribution is 2.31. The van der Waals surface area contributed by atoms with E-state index < -0.39 is 0 Å². The molecule has 2 aromatic rings. The van der Waals surface area contributed by atoms with Crippen molar-refractivity contribution in [1.82, 2.24) is 24.4 Å². The summed E-state index contributed by atoms with van der Waals surface area (Å²) in [6.07, 6.45) is 11.6. The van der Waals surface area contributed by atoms with Crippen molar-refractivity contribution in [2.24, 2.45) is 7.05 Å². The molecule has 94 valence electrons. The molecule has 0 N–H and O–H groups in total. The van der Waals surface area contributed by atoms with Crippen molar-refractivity contribution in [3.63, 3.8) is 0 Å². The van der Waals surface area contributed by atoms with Crippen LogP contribution in [-0.2, 0) is 13.6 Å². The van der Waals surface area contributed by atoms with Gasteiger partial charge in [-0.2, -0.15) is 0 Å². The number of hydrogen-bond donors (Lipinski definition) is 0. The molecule has 1 atom stereocenters. The van der Waals surface area contributed by atoms with Crippen molar-refractivity contribution in [3.05, 3.63) is 42.5 Å². The van der Waals surface area contributed by atoms with Gasteiger partial charge in [0.15, 0.2) is 0 Å². The van der Waals surface area contributed by atoms with Crippen LogP contribution in [0, 0.1) is 0 Å². The van der Waals surface area contributed by atoms with E-state index in [0.29, 0.717) is 6.04 Å². The van der Waals surface area contributed by atoms with Crippen molar-refractivity contribution in [2.75, 3.05) is 6.54 Å². The van der Waals surface area contributed by atoms with Crippen molar-refractivity contribution in [3.8, 4) is 0 Å². The van der Waals surface area contributed by atoms with E-state index in [9.17, 15) is 0 Å². The van der Waals surface area contributed by atoms with Crippen molar-refractivity contribution < 1.29 is 0 Å². The first kappa shape index (κ1) is 11.3. The van der Waals surface area contributed by atoms with Gasteiger partial charge in [0.05, 0.1) is 18.3 Å². The molecule has 1 aliphatic heterocycles. The van der Waals surface area contributed by atoms with Crippen LogP contribution in [0.3, 0.4) is 0 Å². The van der Waals surface area contributed by atoms with Gasteiger partial charge in [0.25, 0.3) is 0 Å². The first-order valence-electron chi connectivity index (χ1n) is 6.31. The Morgan fingerprint density at radius 2 is 2.22 bits per heavy atom. The van der Waals surface area contributed by atoms with Gasteiger partial charge in [-0.05, 0) is 19.4 Å². The second kappa shape index (κ2) is 4.86. The Labute approximate surface area is 107 Å². The van der Waals surface area contributed by atoms with E-state index in [4.69, 9.17) is 0 Å². The lowest BCUT2D eigenvalue weighted by atomic mass is 10.1. The monoisotopic (exact) mass is 243 g/mol. The molecule has 3 heterocycles. The Morgan fingerprint density at radius 1 is 1.28 bits per heavy atom. The molecule has 0 aliphatic carbocycles. The van der Waals surface area contributed by atoms with Gasteiger partial charge in [-0.3, -0.25) is 14.9 Å². The summed E-state index contributed by atoms with van der Waals surface area (Å²) < 4.78 is 2.08. The van der Waals surface area contributed by atoms with Crippen LogP contribution in [0.15, 0.2) is 31.0 Å². The van der Waals surface area contributed by atoms with E-state index in [1.54, 1.807) is 12.4 Å². The summed E-state index contributed by atoms with van der Waals surface area (Å²) in [7, 11) is 2.04. The molecule has 1 saturated heterocycles. The molecule has 5 heteroatoms. The predicted octanol–water partition coefficient (Wildman–Crippen LogP) is 1.55. The minimum atomic E-state index is 0.385. The third-order valence-electron chi connectivity index (χ3n) is 3.55. The molecule has 0 bridgehead atoms. The summed E-state index contributed by atoms with van der Waals surface area (Å²) in [5, 5.41) is 0. The SMILES string of the molecule is Cn1ccnc1CN1CCCC1c1cnccn1. The number of aromatic nitrogens is 4. The van der Waals surface area contributed by atoms with E-state index in [0.717, 1.165) is 31.0 Å². The lowest BCUT2D eigenvalue weighted by molar-refractivity contribution is 0.235. The van der Waals surface area contributed by atoms with Gasteiger partial charge >= 0.3 is 0 Å². The Morgan fingerprint density at radius 3 is 2.94 bits per heavy atom. The zero-order valence-electron chi connectivity index (χ0n) is 10.5. The zero-order valence-corrected chi connectivity index (χ0v) is 10.5. The third-order valence-corrected chi connectivity index (χ3v) is 3.55. The average Bonchev–Trinajstić information content (AvgIpc) is 3.01. The lowest BCUT2D eigenvalue weighted by Gasteiger charge is -2.23. The van der Waals surface area contributed by atoms with Crippen LogP contribution in [0.5, 0.6) is 0 Å². The molecule has 1 unspecified atom stereocenters. The Balaban J connectivity index is 1.78. The Hall–Kier alpha value is -1.75. The molecule has 1 aliphatic rings. The fraction of sp³-hybridized carbons (Fsp3) is 0.462. The molecule has 0 radical (unpaired) electrons. The van der Waals surface area contributed by atoms with Crippen molar-refractivity contribution in [2.45, 2.75) is 25.4 Å². The molecule has 5 nitrogen and oxygen atoms in total. The summed E-state index contributed by atoms with van der Waals surface area (Å²) >= 11 is 0. The molecular weight excluding hydrogens is 226 g/mol. The molecular formula is C13H17N5. The van der Waals surface area contributed by atoms with Crippen LogP contribution in [-0.4, -0.2) is 31.0 Å². The molecule has 18 heavy (non-hydrogen) atoms. The number of hydrogen-bond acceptors (Lipinski definition) is 4. The van der Waals surface area contributed by atoms with Crippen molar-refractivity contribution >= 4 is 0 Å². The number of rotatable bonds is 3. The molecule has 2 aromatic heterocycles. The number of likely N-dealkylation sites (tertiary alicyclic amines) is 1. The van der Waals surface area contributed by atoms with Gasteiger partial charge in [0.2, 0.25) is 0 Å².